The van der Waals surface area contributed by atoms with E-state index in [9.17, 15) is 13.2 Å². The third-order valence-corrected chi connectivity index (χ3v) is 2.66. The maximum Gasteiger partial charge on any atom is 0.490 e. The maximum absolute atomic E-state index is 10.6. The smallest absolute Gasteiger partial charge is 0.475 e. The molecule has 0 aromatic carbocycles. The van der Waals surface area contributed by atoms with E-state index in [1.54, 1.807) is 0 Å². The molecule has 2 aliphatic rings. The van der Waals surface area contributed by atoms with Gasteiger partial charge in [0, 0.05) is 5.54 Å². The number of carboxylic acid groups (broad SMARTS) is 1. The fraction of sp³-hybridized carbons (Fsp3) is 0.875. The van der Waals surface area contributed by atoms with E-state index in [4.69, 9.17) is 9.90 Å². The first kappa shape index (κ1) is 11.3. The van der Waals surface area contributed by atoms with E-state index in [2.05, 4.69) is 5.32 Å². The largest absolute Gasteiger partial charge is 0.490 e. The van der Waals surface area contributed by atoms with Gasteiger partial charge in [-0.1, -0.05) is 0 Å². The number of aliphatic carboxylic acids is 1. The van der Waals surface area contributed by atoms with Crippen molar-refractivity contribution in [2.45, 2.75) is 37.4 Å². The molecule has 2 N–H and O–H groups in total. The summed E-state index contributed by atoms with van der Waals surface area (Å²) in [5.74, 6) is -2.76. The van der Waals surface area contributed by atoms with E-state index < -0.39 is 12.1 Å². The van der Waals surface area contributed by atoms with Crippen LogP contribution in [-0.2, 0) is 4.79 Å². The van der Waals surface area contributed by atoms with Crippen molar-refractivity contribution in [2.24, 2.45) is 0 Å². The molecule has 1 saturated heterocycles. The molecular formula is C8H12F3NO2. The van der Waals surface area contributed by atoms with Gasteiger partial charge in [0.05, 0.1) is 0 Å². The minimum Gasteiger partial charge on any atom is -0.475 e. The molecule has 82 valence electrons. The van der Waals surface area contributed by atoms with Crippen molar-refractivity contribution in [3.05, 3.63) is 0 Å². The van der Waals surface area contributed by atoms with Gasteiger partial charge in [-0.3, -0.25) is 0 Å². The molecular weight excluding hydrogens is 199 g/mol. The minimum atomic E-state index is -5.08. The standard InChI is InChI=1S/C6H11N.C2HF3O2/c1-2-6(3-1)4-5-7-6;3-2(4,5)1(6)7/h7H,1-5H2;(H,6,7). The van der Waals surface area contributed by atoms with Crippen LogP contribution in [0.1, 0.15) is 25.7 Å². The molecule has 0 unspecified atom stereocenters. The number of hydrogen-bond donors (Lipinski definition) is 2. The molecule has 0 atom stereocenters. The number of hydrogen-bond acceptors (Lipinski definition) is 2. The van der Waals surface area contributed by atoms with Crippen LogP contribution < -0.4 is 5.32 Å². The molecule has 0 amide bonds. The Balaban J connectivity index is 0.000000140. The number of carboxylic acids is 1. The van der Waals surface area contributed by atoms with Crippen molar-refractivity contribution in [3.8, 4) is 0 Å². The molecule has 0 aromatic heterocycles. The van der Waals surface area contributed by atoms with Gasteiger partial charge in [0.15, 0.2) is 0 Å². The molecule has 2 fully saturated rings. The number of nitrogens with one attached hydrogen (secondary N) is 1. The van der Waals surface area contributed by atoms with Crippen LogP contribution in [0.4, 0.5) is 13.2 Å². The summed E-state index contributed by atoms with van der Waals surface area (Å²) >= 11 is 0. The lowest BCUT2D eigenvalue weighted by atomic mass is 9.70. The second-order valence-corrected chi connectivity index (χ2v) is 3.61. The topological polar surface area (TPSA) is 49.3 Å². The molecule has 6 heteroatoms. The molecule has 1 aliphatic heterocycles. The van der Waals surface area contributed by atoms with Crippen molar-refractivity contribution in [1.29, 1.82) is 0 Å². The monoisotopic (exact) mass is 211 g/mol. The Morgan fingerprint density at radius 2 is 1.71 bits per heavy atom. The predicted molar refractivity (Wildman–Crippen MR) is 42.9 cm³/mol. The number of rotatable bonds is 0. The van der Waals surface area contributed by atoms with E-state index in [1.165, 1.54) is 32.2 Å². The Labute approximate surface area is 79.3 Å². The molecule has 14 heavy (non-hydrogen) atoms. The van der Waals surface area contributed by atoms with Gasteiger partial charge in [0.1, 0.15) is 0 Å². The third kappa shape index (κ3) is 2.60. The fourth-order valence-corrected chi connectivity index (χ4v) is 1.51. The average Bonchev–Trinajstić information content (AvgIpc) is 1.77. The number of carbonyl (C=O) groups is 1. The van der Waals surface area contributed by atoms with Gasteiger partial charge in [-0.05, 0) is 32.2 Å². The molecule has 3 nitrogen and oxygen atoms in total. The van der Waals surface area contributed by atoms with Crippen molar-refractivity contribution in [1.82, 2.24) is 5.32 Å². The van der Waals surface area contributed by atoms with E-state index in [-0.39, 0.29) is 0 Å². The maximum atomic E-state index is 10.6. The Morgan fingerprint density at radius 3 is 1.71 bits per heavy atom. The Hall–Kier alpha value is -0.780. The van der Waals surface area contributed by atoms with Gasteiger partial charge < -0.3 is 10.4 Å². The molecule has 1 aliphatic carbocycles. The second-order valence-electron chi connectivity index (χ2n) is 3.61. The Morgan fingerprint density at radius 1 is 1.29 bits per heavy atom. The number of alkyl halides is 3. The molecule has 1 spiro atoms. The summed E-state index contributed by atoms with van der Waals surface area (Å²) < 4.78 is 31.7. The lowest BCUT2D eigenvalue weighted by Gasteiger charge is -2.50. The van der Waals surface area contributed by atoms with Crippen LogP contribution in [0.5, 0.6) is 0 Å². The summed E-state index contributed by atoms with van der Waals surface area (Å²) in [5.41, 5.74) is 0.694. The average molecular weight is 211 g/mol. The molecule has 0 aromatic rings. The van der Waals surface area contributed by atoms with Gasteiger partial charge in [0.2, 0.25) is 0 Å². The molecule has 1 heterocycles. The van der Waals surface area contributed by atoms with E-state index >= 15 is 0 Å². The summed E-state index contributed by atoms with van der Waals surface area (Å²) in [6.07, 6.45) is 0.736. The van der Waals surface area contributed by atoms with Crippen LogP contribution in [0, 0.1) is 0 Å². The normalized spacial score (nSPS) is 22.8. The molecule has 2 rings (SSSR count). The summed E-state index contributed by atoms with van der Waals surface area (Å²) in [5, 5.41) is 10.6. The predicted octanol–water partition coefficient (Wildman–Crippen LogP) is 1.54. The van der Waals surface area contributed by atoms with E-state index in [0.29, 0.717) is 5.54 Å². The highest BCUT2D eigenvalue weighted by atomic mass is 19.4. The highest BCUT2D eigenvalue weighted by Gasteiger charge is 2.41. The third-order valence-electron chi connectivity index (χ3n) is 2.66. The van der Waals surface area contributed by atoms with E-state index in [0.717, 1.165) is 0 Å². The first-order valence-electron chi connectivity index (χ1n) is 4.41. The lowest BCUT2D eigenvalue weighted by Crippen LogP contribution is -2.61. The molecule has 0 bridgehead atoms. The first-order valence-corrected chi connectivity index (χ1v) is 4.41. The van der Waals surface area contributed by atoms with Crippen LogP contribution in [-0.4, -0.2) is 29.3 Å². The minimum absolute atomic E-state index is 0.694. The second kappa shape index (κ2) is 3.76. The zero-order valence-corrected chi connectivity index (χ0v) is 7.52. The Kier molecular flexibility index (Phi) is 3.04. The zero-order valence-electron chi connectivity index (χ0n) is 7.52. The van der Waals surface area contributed by atoms with Gasteiger partial charge >= 0.3 is 12.1 Å². The van der Waals surface area contributed by atoms with Gasteiger partial charge in [-0.2, -0.15) is 13.2 Å². The molecule has 0 radical (unpaired) electrons. The van der Waals surface area contributed by atoms with Crippen LogP contribution in [0.15, 0.2) is 0 Å². The van der Waals surface area contributed by atoms with Crippen molar-refractivity contribution >= 4 is 5.97 Å². The molecule has 1 saturated carbocycles. The summed E-state index contributed by atoms with van der Waals surface area (Å²) in [6.45, 7) is 1.28. The van der Waals surface area contributed by atoms with Crippen molar-refractivity contribution in [3.63, 3.8) is 0 Å². The quantitative estimate of drug-likeness (QED) is 0.639. The van der Waals surface area contributed by atoms with Crippen LogP contribution in [0.2, 0.25) is 0 Å². The van der Waals surface area contributed by atoms with Gasteiger partial charge in [-0.15, -0.1) is 0 Å². The SMILES string of the molecule is C1CC2(C1)CCN2.O=C(O)C(F)(F)F. The summed E-state index contributed by atoms with van der Waals surface area (Å²) in [6, 6.07) is 0. The van der Waals surface area contributed by atoms with Gasteiger partial charge in [0.25, 0.3) is 0 Å². The summed E-state index contributed by atoms with van der Waals surface area (Å²) in [4.78, 5) is 8.90. The highest BCUT2D eigenvalue weighted by molar-refractivity contribution is 5.73. The van der Waals surface area contributed by atoms with E-state index in [1.807, 2.05) is 0 Å². The Bertz CT molecular complexity index is 204. The number of halogens is 3. The zero-order chi connectivity index (χ0) is 10.8. The van der Waals surface area contributed by atoms with Crippen molar-refractivity contribution in [2.75, 3.05) is 6.54 Å². The lowest BCUT2D eigenvalue weighted by molar-refractivity contribution is -0.192. The van der Waals surface area contributed by atoms with Crippen LogP contribution in [0.3, 0.4) is 0 Å². The summed E-state index contributed by atoms with van der Waals surface area (Å²) in [7, 11) is 0. The highest BCUT2D eigenvalue weighted by Crippen LogP contribution is 2.38. The fourth-order valence-electron chi connectivity index (χ4n) is 1.51. The van der Waals surface area contributed by atoms with Gasteiger partial charge in [-0.25, -0.2) is 4.79 Å². The van der Waals surface area contributed by atoms with Crippen molar-refractivity contribution < 1.29 is 23.1 Å². The first-order chi connectivity index (χ1) is 6.36. The van der Waals surface area contributed by atoms with Crippen LogP contribution >= 0.6 is 0 Å². The van der Waals surface area contributed by atoms with Crippen LogP contribution in [0.25, 0.3) is 0 Å².